The van der Waals surface area contributed by atoms with E-state index in [-0.39, 0.29) is 33.0 Å². The number of hydrogen-bond acceptors (Lipinski definition) is 9. The van der Waals surface area contributed by atoms with Crippen LogP contribution >= 0.6 is 11.3 Å². The predicted octanol–water partition coefficient (Wildman–Crippen LogP) is 2.29. The molecule has 0 N–H and O–H groups in total. The van der Waals surface area contributed by atoms with E-state index in [0.29, 0.717) is 16.0 Å². The summed E-state index contributed by atoms with van der Waals surface area (Å²) in [5.41, 5.74) is -0.0410. The summed E-state index contributed by atoms with van der Waals surface area (Å²) < 4.78 is 11.7. The van der Waals surface area contributed by atoms with E-state index >= 15 is 0 Å². The molecule has 0 radical (unpaired) electrons. The summed E-state index contributed by atoms with van der Waals surface area (Å²) in [5.74, 6) is 0.451. The molecule has 30 heavy (non-hydrogen) atoms. The van der Waals surface area contributed by atoms with Gasteiger partial charge in [0.15, 0.2) is 16.5 Å². The Morgan fingerprint density at radius 3 is 2.40 bits per heavy atom. The lowest BCUT2D eigenvalue weighted by Crippen LogP contribution is -2.22. The van der Waals surface area contributed by atoms with Crippen LogP contribution in [-0.2, 0) is 0 Å². The Labute approximate surface area is 170 Å². The Balaban J connectivity index is 1.99. The Hall–Kier alpha value is -4.06. The number of aromatic nitrogens is 2. The maximum absolute atomic E-state index is 13.0. The number of hydrogen-bond donors (Lipinski definition) is 0. The molecule has 0 amide bonds. The van der Waals surface area contributed by atoms with Gasteiger partial charge in [0, 0.05) is 12.1 Å². The molecule has 0 unspecified atom stereocenters. The van der Waals surface area contributed by atoms with Crippen molar-refractivity contribution in [3.05, 3.63) is 71.0 Å². The zero-order valence-corrected chi connectivity index (χ0v) is 16.3. The number of rotatable bonds is 5. The quantitative estimate of drug-likeness (QED) is 0.348. The van der Waals surface area contributed by atoms with Crippen LogP contribution in [0.25, 0.3) is 22.1 Å². The van der Waals surface area contributed by atoms with Crippen molar-refractivity contribution in [1.82, 2.24) is 9.38 Å². The summed E-state index contributed by atoms with van der Waals surface area (Å²) in [7, 11) is 2.75. The van der Waals surface area contributed by atoms with Gasteiger partial charge >= 0.3 is 0 Å². The lowest BCUT2D eigenvalue weighted by molar-refractivity contribution is -0.385. The Morgan fingerprint density at radius 2 is 1.77 bits per heavy atom. The summed E-state index contributed by atoms with van der Waals surface area (Å²) in [6.07, 6.45) is 1.37. The molecule has 0 spiro atoms. The topological polar surface area (TPSA) is 139 Å². The highest BCUT2D eigenvalue weighted by atomic mass is 32.1. The number of nitro groups is 2. The van der Waals surface area contributed by atoms with Crippen LogP contribution in [0.15, 0.2) is 35.1 Å². The van der Waals surface area contributed by atoms with E-state index in [0.717, 1.165) is 11.3 Å². The molecular formula is C18H12N4O7S. The first kappa shape index (κ1) is 19.3. The molecule has 0 saturated carbocycles. The minimum absolute atomic E-state index is 0.148. The van der Waals surface area contributed by atoms with Crippen molar-refractivity contribution >= 4 is 44.8 Å². The fraction of sp³-hybridized carbons (Fsp3) is 0.111. The SMILES string of the molecule is COc1cc(/C=c2/sc3nc4ccc([N+](=O)[O-])cc4n3c2=O)c([N+](=O)[O-])cc1OC. The number of nitro benzene ring substituents is 2. The minimum atomic E-state index is -0.588. The number of nitrogens with zero attached hydrogens (tertiary/aromatic N) is 4. The summed E-state index contributed by atoms with van der Waals surface area (Å²) in [4.78, 5) is 39.0. The Bertz CT molecular complexity index is 1460. The van der Waals surface area contributed by atoms with Crippen LogP contribution in [0.5, 0.6) is 11.5 Å². The first-order valence-electron chi connectivity index (χ1n) is 8.35. The highest BCUT2D eigenvalue weighted by Gasteiger charge is 2.20. The Morgan fingerprint density at radius 1 is 1.07 bits per heavy atom. The molecule has 0 saturated heterocycles. The van der Waals surface area contributed by atoms with Gasteiger partial charge in [0.25, 0.3) is 16.9 Å². The molecule has 152 valence electrons. The molecule has 12 heteroatoms. The summed E-state index contributed by atoms with van der Waals surface area (Å²) >= 11 is 1.02. The van der Waals surface area contributed by atoms with Crippen molar-refractivity contribution in [2.75, 3.05) is 14.2 Å². The molecule has 4 aromatic rings. The summed E-state index contributed by atoms with van der Waals surface area (Å²) in [6, 6.07) is 6.67. The van der Waals surface area contributed by atoms with Crippen molar-refractivity contribution in [2.24, 2.45) is 0 Å². The van der Waals surface area contributed by atoms with Gasteiger partial charge in [-0.05, 0) is 18.2 Å². The first-order valence-corrected chi connectivity index (χ1v) is 9.17. The molecule has 0 aliphatic rings. The van der Waals surface area contributed by atoms with Gasteiger partial charge in [0.05, 0.1) is 51.3 Å². The molecule has 2 heterocycles. The largest absolute Gasteiger partial charge is 0.493 e. The highest BCUT2D eigenvalue weighted by Crippen LogP contribution is 2.34. The van der Waals surface area contributed by atoms with Crippen molar-refractivity contribution in [1.29, 1.82) is 0 Å². The van der Waals surface area contributed by atoms with E-state index in [1.165, 1.54) is 55.0 Å². The van der Waals surface area contributed by atoms with Crippen LogP contribution in [0, 0.1) is 20.2 Å². The zero-order valence-electron chi connectivity index (χ0n) is 15.5. The number of fused-ring (bicyclic) bond motifs is 3. The van der Waals surface area contributed by atoms with Crippen LogP contribution < -0.4 is 19.6 Å². The van der Waals surface area contributed by atoms with Gasteiger partial charge in [-0.2, -0.15) is 0 Å². The maximum Gasteiger partial charge on any atom is 0.280 e. The third-order valence-corrected chi connectivity index (χ3v) is 5.42. The number of methoxy groups -OCH3 is 2. The zero-order chi connectivity index (χ0) is 21.6. The van der Waals surface area contributed by atoms with Crippen LogP contribution in [0.4, 0.5) is 11.4 Å². The second-order valence-corrected chi connectivity index (χ2v) is 7.11. The molecule has 4 rings (SSSR count). The molecule has 2 aromatic carbocycles. The number of ether oxygens (including phenoxy) is 2. The molecule has 2 aromatic heterocycles. The fourth-order valence-electron chi connectivity index (χ4n) is 3.06. The predicted molar refractivity (Wildman–Crippen MR) is 108 cm³/mol. The van der Waals surface area contributed by atoms with Crippen LogP contribution in [0.3, 0.4) is 0 Å². The average Bonchev–Trinajstić information content (AvgIpc) is 3.22. The average molecular weight is 428 g/mol. The lowest BCUT2D eigenvalue weighted by Gasteiger charge is -2.08. The molecule has 0 aliphatic heterocycles. The van der Waals surface area contributed by atoms with Crippen molar-refractivity contribution in [3.8, 4) is 11.5 Å². The molecule has 0 aliphatic carbocycles. The van der Waals surface area contributed by atoms with Gasteiger partial charge in [-0.15, -0.1) is 0 Å². The molecular weight excluding hydrogens is 416 g/mol. The van der Waals surface area contributed by atoms with Crippen molar-refractivity contribution in [2.45, 2.75) is 0 Å². The second kappa shape index (κ2) is 7.08. The van der Waals surface area contributed by atoms with E-state index in [1.807, 2.05) is 0 Å². The third kappa shape index (κ3) is 2.99. The number of thiazole rings is 1. The first-order chi connectivity index (χ1) is 14.3. The smallest absolute Gasteiger partial charge is 0.280 e. The molecule has 11 nitrogen and oxygen atoms in total. The van der Waals surface area contributed by atoms with E-state index < -0.39 is 15.4 Å². The van der Waals surface area contributed by atoms with Crippen LogP contribution in [0.2, 0.25) is 0 Å². The minimum Gasteiger partial charge on any atom is -0.493 e. The number of non-ortho nitro benzene ring substituents is 1. The maximum atomic E-state index is 13.0. The second-order valence-electron chi connectivity index (χ2n) is 6.10. The van der Waals surface area contributed by atoms with Gasteiger partial charge in [0.2, 0.25) is 0 Å². The number of imidazole rings is 1. The van der Waals surface area contributed by atoms with Gasteiger partial charge in [-0.1, -0.05) is 11.3 Å². The standard InChI is InChI=1S/C18H12N4O7S/c1-28-14-5-9(12(22(26)27)8-15(14)29-2)6-16-17(23)20-13-7-10(21(24)25)3-4-11(13)19-18(20)30-16/h3-8H,1-2H3/b16-6+. The van der Waals surface area contributed by atoms with Crippen molar-refractivity contribution in [3.63, 3.8) is 0 Å². The normalized spacial score (nSPS) is 11.9. The molecule has 0 atom stereocenters. The molecule has 0 bridgehead atoms. The lowest BCUT2D eigenvalue weighted by atomic mass is 10.1. The van der Waals surface area contributed by atoms with E-state index in [4.69, 9.17) is 9.47 Å². The summed E-state index contributed by atoms with van der Waals surface area (Å²) in [6.45, 7) is 0. The van der Waals surface area contributed by atoms with E-state index in [2.05, 4.69) is 4.98 Å². The van der Waals surface area contributed by atoms with Crippen LogP contribution in [0.1, 0.15) is 5.56 Å². The molecule has 0 fully saturated rings. The number of benzene rings is 2. The van der Waals surface area contributed by atoms with Crippen LogP contribution in [-0.4, -0.2) is 33.5 Å². The van der Waals surface area contributed by atoms with Gasteiger partial charge in [-0.25, -0.2) is 9.38 Å². The highest BCUT2D eigenvalue weighted by molar-refractivity contribution is 7.15. The van der Waals surface area contributed by atoms with Gasteiger partial charge in [0.1, 0.15) is 0 Å². The van der Waals surface area contributed by atoms with Gasteiger partial charge < -0.3 is 9.47 Å². The van der Waals surface area contributed by atoms with Gasteiger partial charge in [-0.3, -0.25) is 25.0 Å². The van der Waals surface area contributed by atoms with Crippen molar-refractivity contribution < 1.29 is 19.3 Å². The monoisotopic (exact) mass is 428 g/mol. The third-order valence-electron chi connectivity index (χ3n) is 4.45. The Kier molecular flexibility index (Phi) is 4.54. The fourth-order valence-corrected chi connectivity index (χ4v) is 4.04. The van der Waals surface area contributed by atoms with E-state index in [9.17, 15) is 25.0 Å². The van der Waals surface area contributed by atoms with E-state index in [1.54, 1.807) is 0 Å². The summed E-state index contributed by atoms with van der Waals surface area (Å²) in [5, 5.41) is 22.6.